The Morgan fingerprint density at radius 2 is 1.89 bits per heavy atom. The Balaban J connectivity index is 1.90. The van der Waals surface area contributed by atoms with Gasteiger partial charge in [-0.05, 0) is 23.3 Å². The molecular weight excluding hydrogens is 222 g/mol. The second-order valence-corrected chi connectivity index (χ2v) is 4.69. The van der Waals surface area contributed by atoms with Gasteiger partial charge in [0, 0.05) is 29.1 Å². The summed E-state index contributed by atoms with van der Waals surface area (Å²) in [5, 5.41) is 1.26. The van der Waals surface area contributed by atoms with E-state index in [9.17, 15) is 0 Å². The summed E-state index contributed by atoms with van der Waals surface area (Å²) >= 11 is 0. The van der Waals surface area contributed by atoms with Crippen molar-refractivity contribution in [3.63, 3.8) is 0 Å². The first-order valence-electron chi connectivity index (χ1n) is 6.24. The highest BCUT2D eigenvalue weighted by molar-refractivity contribution is 5.88. The number of nitrogens with one attached hydrogen (secondary N) is 1. The first-order valence-corrected chi connectivity index (χ1v) is 6.24. The van der Waals surface area contributed by atoms with Crippen LogP contribution in [0.25, 0.3) is 22.2 Å². The van der Waals surface area contributed by atoms with E-state index < -0.39 is 0 Å². The lowest BCUT2D eigenvalue weighted by molar-refractivity contribution is 0.357. The molecular formula is C16H13NO. The molecule has 1 aliphatic heterocycles. The maximum atomic E-state index is 5.60. The first kappa shape index (κ1) is 9.77. The number of ether oxygens (including phenoxy) is 1. The average Bonchev–Trinajstić information content (AvgIpc) is 3.01. The van der Waals surface area contributed by atoms with Crippen LogP contribution in [0.4, 0.5) is 0 Å². The number of rotatable bonds is 1. The Bertz CT molecular complexity index is 672. The van der Waals surface area contributed by atoms with Crippen molar-refractivity contribution in [3.8, 4) is 17.0 Å². The number of H-pyrrole nitrogens is 1. The zero-order valence-electron chi connectivity index (χ0n) is 9.94. The average molecular weight is 235 g/mol. The molecule has 4 rings (SSSR count). The van der Waals surface area contributed by atoms with Gasteiger partial charge in [-0.15, -0.1) is 0 Å². The first-order chi connectivity index (χ1) is 8.90. The van der Waals surface area contributed by atoms with E-state index >= 15 is 0 Å². The lowest BCUT2D eigenvalue weighted by Crippen LogP contribution is -1.86. The minimum atomic E-state index is 0.813. The van der Waals surface area contributed by atoms with Gasteiger partial charge >= 0.3 is 0 Å². The van der Waals surface area contributed by atoms with E-state index in [2.05, 4.69) is 47.4 Å². The molecule has 2 aromatic carbocycles. The molecule has 0 amide bonds. The van der Waals surface area contributed by atoms with Gasteiger partial charge in [-0.25, -0.2) is 0 Å². The van der Waals surface area contributed by atoms with Gasteiger partial charge < -0.3 is 9.72 Å². The molecule has 0 spiro atoms. The Hall–Kier alpha value is -2.22. The van der Waals surface area contributed by atoms with Gasteiger partial charge in [-0.3, -0.25) is 0 Å². The molecule has 0 unspecified atom stereocenters. The summed E-state index contributed by atoms with van der Waals surface area (Å²) in [7, 11) is 0. The van der Waals surface area contributed by atoms with E-state index in [1.807, 2.05) is 6.07 Å². The highest BCUT2D eigenvalue weighted by Crippen LogP contribution is 2.32. The lowest BCUT2D eigenvalue weighted by atomic mass is 10.1. The third kappa shape index (κ3) is 1.42. The van der Waals surface area contributed by atoms with Crippen LogP contribution in [0.3, 0.4) is 0 Å². The highest BCUT2D eigenvalue weighted by Gasteiger charge is 2.14. The summed E-state index contributed by atoms with van der Waals surface area (Å²) in [6.07, 6.45) is 1.02. The van der Waals surface area contributed by atoms with Crippen LogP contribution in [0, 0.1) is 0 Å². The number of aromatic amines is 1. The van der Waals surface area contributed by atoms with Gasteiger partial charge in [-0.2, -0.15) is 0 Å². The van der Waals surface area contributed by atoms with E-state index in [1.165, 1.54) is 16.5 Å². The van der Waals surface area contributed by atoms with Crippen molar-refractivity contribution in [3.05, 3.63) is 54.1 Å². The molecule has 1 aliphatic rings. The van der Waals surface area contributed by atoms with E-state index in [-0.39, 0.29) is 0 Å². The molecule has 2 heteroatoms. The summed E-state index contributed by atoms with van der Waals surface area (Å²) < 4.78 is 5.60. The molecule has 0 atom stereocenters. The third-order valence-corrected chi connectivity index (χ3v) is 3.52. The van der Waals surface area contributed by atoms with Crippen molar-refractivity contribution in [2.45, 2.75) is 6.42 Å². The molecule has 1 aromatic heterocycles. The Kier molecular flexibility index (Phi) is 1.97. The van der Waals surface area contributed by atoms with Crippen molar-refractivity contribution in [2.24, 2.45) is 0 Å². The minimum absolute atomic E-state index is 0.813. The highest BCUT2D eigenvalue weighted by atomic mass is 16.5. The summed E-state index contributed by atoms with van der Waals surface area (Å²) in [4.78, 5) is 3.46. The fraction of sp³-hybridized carbons (Fsp3) is 0.125. The maximum Gasteiger partial charge on any atom is 0.124 e. The number of hydrogen-bond donors (Lipinski definition) is 1. The van der Waals surface area contributed by atoms with Crippen LogP contribution >= 0.6 is 0 Å². The van der Waals surface area contributed by atoms with E-state index in [0.717, 1.165) is 30.0 Å². The zero-order chi connectivity index (χ0) is 11.9. The van der Waals surface area contributed by atoms with Crippen LogP contribution in [0.2, 0.25) is 0 Å². The van der Waals surface area contributed by atoms with E-state index in [4.69, 9.17) is 4.74 Å². The molecule has 2 heterocycles. The van der Waals surface area contributed by atoms with Crippen molar-refractivity contribution in [1.82, 2.24) is 4.98 Å². The fourth-order valence-electron chi connectivity index (χ4n) is 2.58. The number of benzene rings is 2. The quantitative estimate of drug-likeness (QED) is 0.682. The molecule has 0 saturated heterocycles. The fourth-order valence-corrected chi connectivity index (χ4v) is 2.58. The molecule has 18 heavy (non-hydrogen) atoms. The normalized spacial score (nSPS) is 13.6. The smallest absolute Gasteiger partial charge is 0.124 e. The third-order valence-electron chi connectivity index (χ3n) is 3.52. The van der Waals surface area contributed by atoms with Gasteiger partial charge in [0.25, 0.3) is 0 Å². The van der Waals surface area contributed by atoms with E-state index in [1.54, 1.807) is 0 Å². The topological polar surface area (TPSA) is 25.0 Å². The predicted molar refractivity (Wildman–Crippen MR) is 72.9 cm³/mol. The zero-order valence-corrected chi connectivity index (χ0v) is 9.94. The molecule has 2 nitrogen and oxygen atoms in total. The Labute approximate surface area is 105 Å². The van der Waals surface area contributed by atoms with Crippen LogP contribution in [-0.2, 0) is 6.42 Å². The molecule has 3 aromatic rings. The van der Waals surface area contributed by atoms with Gasteiger partial charge in [0.15, 0.2) is 0 Å². The summed E-state index contributed by atoms with van der Waals surface area (Å²) in [5.41, 5.74) is 4.85. The van der Waals surface area contributed by atoms with Gasteiger partial charge in [0.05, 0.1) is 6.61 Å². The number of hydrogen-bond acceptors (Lipinski definition) is 1. The number of aromatic nitrogens is 1. The van der Waals surface area contributed by atoms with Crippen LogP contribution < -0.4 is 4.74 Å². The van der Waals surface area contributed by atoms with E-state index in [0.29, 0.717) is 0 Å². The standard InChI is InChI=1S/C16H13NO/c1-2-4-11(5-3-1)14-9-13-8-12-6-7-18-16(12)10-15(13)17-14/h1-5,8-10,17H,6-7H2. The second kappa shape index (κ2) is 3.64. The lowest BCUT2D eigenvalue weighted by Gasteiger charge is -1.98. The molecule has 0 saturated carbocycles. The van der Waals surface area contributed by atoms with Crippen LogP contribution in [-0.4, -0.2) is 11.6 Å². The molecule has 88 valence electrons. The molecule has 0 bridgehead atoms. The Morgan fingerprint density at radius 1 is 1.00 bits per heavy atom. The van der Waals surface area contributed by atoms with Gasteiger partial charge in [0.2, 0.25) is 0 Å². The Morgan fingerprint density at radius 3 is 2.78 bits per heavy atom. The molecule has 1 N–H and O–H groups in total. The van der Waals surface area contributed by atoms with Crippen molar-refractivity contribution >= 4 is 10.9 Å². The summed E-state index contributed by atoms with van der Waals surface area (Å²) in [6.45, 7) is 0.813. The van der Waals surface area contributed by atoms with Crippen molar-refractivity contribution in [2.75, 3.05) is 6.61 Å². The largest absolute Gasteiger partial charge is 0.493 e. The number of fused-ring (bicyclic) bond motifs is 2. The van der Waals surface area contributed by atoms with Crippen LogP contribution in [0.1, 0.15) is 5.56 Å². The monoisotopic (exact) mass is 235 g/mol. The maximum absolute atomic E-state index is 5.60. The SMILES string of the molecule is c1ccc(-c2cc3cc4c(cc3[nH]2)OCC4)cc1. The summed E-state index contributed by atoms with van der Waals surface area (Å²) in [6, 6.07) is 17.0. The minimum Gasteiger partial charge on any atom is -0.493 e. The van der Waals surface area contributed by atoms with Crippen LogP contribution in [0.5, 0.6) is 5.75 Å². The predicted octanol–water partition coefficient (Wildman–Crippen LogP) is 3.77. The molecule has 0 aliphatic carbocycles. The van der Waals surface area contributed by atoms with Crippen molar-refractivity contribution in [1.29, 1.82) is 0 Å². The summed E-state index contributed by atoms with van der Waals surface area (Å²) in [5.74, 6) is 1.03. The molecule has 0 fully saturated rings. The van der Waals surface area contributed by atoms with Gasteiger partial charge in [-0.1, -0.05) is 30.3 Å². The van der Waals surface area contributed by atoms with Crippen molar-refractivity contribution < 1.29 is 4.74 Å². The molecule has 0 radical (unpaired) electrons. The second-order valence-electron chi connectivity index (χ2n) is 4.69. The van der Waals surface area contributed by atoms with Crippen LogP contribution in [0.15, 0.2) is 48.5 Å². The van der Waals surface area contributed by atoms with Gasteiger partial charge in [0.1, 0.15) is 5.75 Å².